The molecule has 8 nitrogen and oxygen atoms in total. The van der Waals surface area contributed by atoms with Crippen molar-refractivity contribution < 1.29 is 19.1 Å². The van der Waals surface area contributed by atoms with Gasteiger partial charge in [-0.1, -0.05) is 29.8 Å². The number of hydrogen-bond donors (Lipinski definition) is 2. The lowest BCUT2D eigenvalue weighted by molar-refractivity contribution is -0.123. The van der Waals surface area contributed by atoms with Crippen LogP contribution in [0.4, 0.5) is 5.69 Å². The second-order valence-electron chi connectivity index (χ2n) is 7.51. The van der Waals surface area contributed by atoms with E-state index in [1.807, 2.05) is 24.3 Å². The number of carbonyl (C=O) groups excluding carboxylic acids is 3. The molecule has 4 rings (SSSR count). The van der Waals surface area contributed by atoms with Crippen molar-refractivity contribution in [2.75, 3.05) is 25.2 Å². The van der Waals surface area contributed by atoms with Gasteiger partial charge in [0.05, 0.1) is 12.3 Å². The minimum Gasteiger partial charge on any atom is -0.383 e. The van der Waals surface area contributed by atoms with Crippen LogP contribution in [-0.2, 0) is 25.7 Å². The third kappa shape index (κ3) is 4.86. The number of aromatic nitrogens is 1. The van der Waals surface area contributed by atoms with Crippen LogP contribution in [0.15, 0.2) is 60.3 Å². The molecule has 2 heterocycles. The van der Waals surface area contributed by atoms with Crippen molar-refractivity contribution in [1.29, 1.82) is 0 Å². The monoisotopic (exact) mass is 496 g/mol. The smallest absolute Gasteiger partial charge is 0.270 e. The molecule has 1 aliphatic rings. The summed E-state index contributed by atoms with van der Waals surface area (Å²) in [6.07, 6.45) is 3.26. The number of rotatable bonds is 7. The predicted molar refractivity (Wildman–Crippen MR) is 134 cm³/mol. The molecule has 3 aromatic rings. The molecule has 0 unspecified atom stereocenters. The molecule has 10 heteroatoms. The minimum atomic E-state index is -0.589. The van der Waals surface area contributed by atoms with Crippen molar-refractivity contribution >= 4 is 69.3 Å². The quantitative estimate of drug-likeness (QED) is 0.227. The Kier molecular flexibility index (Phi) is 7.06. The van der Waals surface area contributed by atoms with Crippen LogP contribution in [0.25, 0.3) is 17.0 Å². The molecular weight excluding hydrogens is 476 g/mol. The first-order chi connectivity index (χ1) is 16.4. The van der Waals surface area contributed by atoms with E-state index < -0.39 is 11.8 Å². The van der Waals surface area contributed by atoms with Crippen LogP contribution < -0.4 is 15.5 Å². The second-order valence-corrected chi connectivity index (χ2v) is 8.33. The number of para-hydroxylation sites is 1. The van der Waals surface area contributed by atoms with Gasteiger partial charge in [0.1, 0.15) is 12.1 Å². The number of thiocarbonyl (C=S) groups is 1. The Labute approximate surface area is 206 Å². The standard InChI is InChI=1S/C24H21ClN4O4S/c1-33-11-10-26-21(30)14-28-13-15(18-4-2-3-5-20(18)28)12-19-22(31)27-24(34)29(23(19)32)17-8-6-16(25)7-9-17/h2-9,12-13H,10-11,14H2,1H3,(H,26,30)(H,27,31,34)/b19-12+. The molecule has 1 saturated heterocycles. The van der Waals surface area contributed by atoms with E-state index in [9.17, 15) is 14.4 Å². The number of anilines is 1. The number of fused-ring (bicyclic) bond motifs is 1. The number of nitrogens with zero attached hydrogens (tertiary/aromatic N) is 2. The lowest BCUT2D eigenvalue weighted by Gasteiger charge is -2.28. The molecule has 3 amide bonds. The average Bonchev–Trinajstić information content (AvgIpc) is 3.15. The maximum Gasteiger partial charge on any atom is 0.270 e. The maximum absolute atomic E-state index is 13.3. The van der Waals surface area contributed by atoms with Gasteiger partial charge in [0.25, 0.3) is 11.8 Å². The Morgan fingerprint density at radius 2 is 1.91 bits per heavy atom. The van der Waals surface area contributed by atoms with Crippen LogP contribution in [0.5, 0.6) is 0 Å². The van der Waals surface area contributed by atoms with Crippen molar-refractivity contribution in [3.8, 4) is 0 Å². The molecule has 0 aliphatic carbocycles. The number of nitrogens with one attached hydrogen (secondary N) is 2. The number of ether oxygens (including phenoxy) is 1. The molecule has 0 spiro atoms. The van der Waals surface area contributed by atoms with E-state index >= 15 is 0 Å². The highest BCUT2D eigenvalue weighted by Crippen LogP contribution is 2.27. The Balaban J connectivity index is 1.69. The summed E-state index contributed by atoms with van der Waals surface area (Å²) in [5.74, 6) is -1.32. The van der Waals surface area contributed by atoms with Gasteiger partial charge in [-0.25, -0.2) is 0 Å². The van der Waals surface area contributed by atoms with Crippen LogP contribution in [0.2, 0.25) is 5.02 Å². The molecule has 1 fully saturated rings. The van der Waals surface area contributed by atoms with Gasteiger partial charge < -0.3 is 14.6 Å². The molecule has 0 radical (unpaired) electrons. The molecule has 0 atom stereocenters. The Morgan fingerprint density at radius 3 is 2.65 bits per heavy atom. The predicted octanol–water partition coefficient (Wildman–Crippen LogP) is 2.89. The summed E-state index contributed by atoms with van der Waals surface area (Å²) >= 11 is 11.2. The molecule has 0 saturated carbocycles. The van der Waals surface area contributed by atoms with E-state index in [0.29, 0.717) is 29.4 Å². The fourth-order valence-corrected chi connectivity index (χ4v) is 4.07. The van der Waals surface area contributed by atoms with Gasteiger partial charge in [0.15, 0.2) is 5.11 Å². The van der Waals surface area contributed by atoms with Crippen LogP contribution in [-0.4, -0.2) is 47.7 Å². The number of benzene rings is 2. The fourth-order valence-electron chi connectivity index (χ4n) is 3.66. The summed E-state index contributed by atoms with van der Waals surface area (Å²) in [4.78, 5) is 39.6. The highest BCUT2D eigenvalue weighted by Gasteiger charge is 2.34. The summed E-state index contributed by atoms with van der Waals surface area (Å²) in [7, 11) is 1.56. The van der Waals surface area contributed by atoms with Crippen molar-refractivity contribution in [2.24, 2.45) is 0 Å². The maximum atomic E-state index is 13.3. The van der Waals surface area contributed by atoms with Crippen molar-refractivity contribution in [3.63, 3.8) is 0 Å². The van der Waals surface area contributed by atoms with E-state index in [1.54, 1.807) is 42.1 Å². The molecular formula is C24H21ClN4O4S. The largest absolute Gasteiger partial charge is 0.383 e. The first kappa shape index (κ1) is 23.6. The van der Waals surface area contributed by atoms with Crippen LogP contribution in [0.3, 0.4) is 0 Å². The topological polar surface area (TPSA) is 92.7 Å². The number of halogens is 1. The van der Waals surface area contributed by atoms with E-state index in [1.165, 1.54) is 11.0 Å². The highest BCUT2D eigenvalue weighted by atomic mass is 35.5. The van der Waals surface area contributed by atoms with Crippen molar-refractivity contribution in [2.45, 2.75) is 6.54 Å². The fraction of sp³-hybridized carbons (Fsp3) is 0.167. The van der Waals surface area contributed by atoms with Crippen LogP contribution in [0.1, 0.15) is 5.56 Å². The zero-order chi connectivity index (χ0) is 24.2. The lowest BCUT2D eigenvalue weighted by atomic mass is 10.1. The number of hydrogen-bond acceptors (Lipinski definition) is 5. The summed E-state index contributed by atoms with van der Waals surface area (Å²) in [6.45, 7) is 0.897. The third-order valence-corrected chi connectivity index (χ3v) is 5.78. The second kappa shape index (κ2) is 10.2. The summed E-state index contributed by atoms with van der Waals surface area (Å²) < 4.78 is 6.73. The summed E-state index contributed by atoms with van der Waals surface area (Å²) in [5, 5.41) is 6.66. The van der Waals surface area contributed by atoms with Gasteiger partial charge >= 0.3 is 0 Å². The molecule has 34 heavy (non-hydrogen) atoms. The Morgan fingerprint density at radius 1 is 1.18 bits per heavy atom. The molecule has 2 N–H and O–H groups in total. The van der Waals surface area contributed by atoms with Crippen LogP contribution >= 0.6 is 23.8 Å². The average molecular weight is 497 g/mol. The molecule has 174 valence electrons. The van der Waals surface area contributed by atoms with Gasteiger partial charge in [0, 0.05) is 41.3 Å². The zero-order valence-corrected chi connectivity index (χ0v) is 19.8. The van der Waals surface area contributed by atoms with Crippen molar-refractivity contribution in [1.82, 2.24) is 15.2 Å². The van der Waals surface area contributed by atoms with E-state index in [4.69, 9.17) is 28.6 Å². The van der Waals surface area contributed by atoms with Crippen LogP contribution in [0, 0.1) is 0 Å². The summed E-state index contributed by atoms with van der Waals surface area (Å²) in [6, 6.07) is 14.0. The number of carbonyl (C=O) groups is 3. The molecule has 1 aromatic heterocycles. The molecule has 0 bridgehead atoms. The lowest BCUT2D eigenvalue weighted by Crippen LogP contribution is -2.54. The highest BCUT2D eigenvalue weighted by molar-refractivity contribution is 7.80. The third-order valence-electron chi connectivity index (χ3n) is 5.25. The zero-order valence-electron chi connectivity index (χ0n) is 18.2. The molecule has 2 aromatic carbocycles. The minimum absolute atomic E-state index is 0.00960. The van der Waals surface area contributed by atoms with Gasteiger partial charge in [0.2, 0.25) is 5.91 Å². The Hall–Kier alpha value is -3.53. The first-order valence-electron chi connectivity index (χ1n) is 10.4. The van der Waals surface area contributed by atoms with Gasteiger partial charge in [-0.05, 0) is 48.6 Å². The number of methoxy groups -OCH3 is 1. The van der Waals surface area contributed by atoms with E-state index in [-0.39, 0.29) is 23.1 Å². The van der Waals surface area contributed by atoms with Crippen molar-refractivity contribution in [3.05, 3.63) is 70.9 Å². The summed E-state index contributed by atoms with van der Waals surface area (Å²) in [5.41, 5.74) is 1.84. The van der Waals surface area contributed by atoms with Gasteiger partial charge in [-0.3, -0.25) is 24.6 Å². The number of amides is 3. The van der Waals surface area contributed by atoms with E-state index in [0.717, 1.165) is 10.9 Å². The first-order valence-corrected chi connectivity index (χ1v) is 11.2. The Bertz CT molecular complexity index is 1320. The molecule has 1 aliphatic heterocycles. The van der Waals surface area contributed by atoms with Gasteiger partial charge in [-0.2, -0.15) is 0 Å². The normalized spacial score (nSPS) is 15.2. The van der Waals surface area contributed by atoms with E-state index in [2.05, 4.69) is 10.6 Å². The SMILES string of the molecule is COCCNC(=O)Cn1cc(/C=C2\C(=O)NC(=S)N(c3ccc(Cl)cc3)C2=O)c2ccccc21. The van der Waals surface area contributed by atoms with Gasteiger partial charge in [-0.15, -0.1) is 0 Å².